The number of hydrogen-bond acceptors (Lipinski definition) is 2. The van der Waals surface area contributed by atoms with E-state index < -0.39 is 0 Å². The molecule has 0 bridgehead atoms. The van der Waals surface area contributed by atoms with Crippen molar-refractivity contribution in [3.63, 3.8) is 0 Å². The number of carbonyl (C=O) groups excluding carboxylic acids is 1. The largest absolute Gasteiger partial charge is 0.370 e. The highest BCUT2D eigenvalue weighted by atomic mass is 16.5. The molecule has 0 heterocycles. The van der Waals surface area contributed by atoms with Gasteiger partial charge in [0, 0.05) is 6.61 Å². The van der Waals surface area contributed by atoms with Crippen LogP contribution < -0.4 is 0 Å². The minimum Gasteiger partial charge on any atom is -0.370 e. The Kier molecular flexibility index (Phi) is 7.16. The van der Waals surface area contributed by atoms with Gasteiger partial charge < -0.3 is 4.74 Å². The van der Waals surface area contributed by atoms with Crippen LogP contribution in [0.1, 0.15) is 33.1 Å². The first-order valence-corrected chi connectivity index (χ1v) is 4.90. The van der Waals surface area contributed by atoms with Gasteiger partial charge in [-0.15, -0.1) is 0 Å². The first kappa shape index (κ1) is 11.7. The van der Waals surface area contributed by atoms with Gasteiger partial charge in [-0.3, -0.25) is 4.79 Å². The third-order valence-corrected chi connectivity index (χ3v) is 1.78. The Balaban J connectivity index is 3.76. The third-order valence-electron chi connectivity index (χ3n) is 1.78. The normalized spacial score (nSPS) is 12.8. The summed E-state index contributed by atoms with van der Waals surface area (Å²) in [6.07, 6.45) is 3.32. The number of Topliss-reactive ketones (excluding diaryl/α,β-unsaturated/α-hetero) is 1. The SMILES string of the molecule is BCC(=O)C(CCC)OCCC. The minimum atomic E-state index is -0.139. The van der Waals surface area contributed by atoms with Gasteiger partial charge in [0.25, 0.3) is 0 Å². The first-order valence-electron chi connectivity index (χ1n) is 4.90. The van der Waals surface area contributed by atoms with Crippen molar-refractivity contribution in [2.24, 2.45) is 0 Å². The van der Waals surface area contributed by atoms with Crippen molar-refractivity contribution in [1.29, 1.82) is 0 Å². The molecule has 70 valence electrons. The van der Waals surface area contributed by atoms with E-state index in [1.54, 1.807) is 0 Å². The van der Waals surface area contributed by atoms with Crippen molar-refractivity contribution < 1.29 is 9.53 Å². The molecule has 0 radical (unpaired) electrons. The van der Waals surface area contributed by atoms with Crippen molar-refractivity contribution in [3.8, 4) is 0 Å². The maximum Gasteiger partial charge on any atom is 0.153 e. The predicted octanol–water partition coefficient (Wildman–Crippen LogP) is 1.20. The van der Waals surface area contributed by atoms with Crippen LogP contribution in [0.5, 0.6) is 0 Å². The van der Waals surface area contributed by atoms with E-state index in [9.17, 15) is 4.79 Å². The molecule has 0 aromatic rings. The van der Waals surface area contributed by atoms with E-state index in [4.69, 9.17) is 4.74 Å². The lowest BCUT2D eigenvalue weighted by molar-refractivity contribution is -0.128. The molecule has 12 heavy (non-hydrogen) atoms. The van der Waals surface area contributed by atoms with E-state index in [0.717, 1.165) is 19.3 Å². The molecule has 0 saturated heterocycles. The number of carbonyl (C=O) groups is 1. The summed E-state index contributed by atoms with van der Waals surface area (Å²) in [6, 6.07) is 0. The van der Waals surface area contributed by atoms with E-state index in [1.165, 1.54) is 0 Å². The smallest absolute Gasteiger partial charge is 0.153 e. The first-order chi connectivity index (χ1) is 5.76. The summed E-state index contributed by atoms with van der Waals surface area (Å²) in [6.45, 7) is 4.83. The van der Waals surface area contributed by atoms with Crippen LogP contribution in [-0.2, 0) is 9.53 Å². The van der Waals surface area contributed by atoms with Crippen LogP contribution in [0.4, 0.5) is 0 Å². The van der Waals surface area contributed by atoms with Gasteiger partial charge in [-0.05, 0) is 19.2 Å². The van der Waals surface area contributed by atoms with Crippen molar-refractivity contribution >= 4 is 13.6 Å². The Morgan fingerprint density at radius 1 is 1.42 bits per heavy atom. The zero-order chi connectivity index (χ0) is 9.40. The summed E-state index contributed by atoms with van der Waals surface area (Å²) >= 11 is 0. The molecule has 0 saturated carbocycles. The summed E-state index contributed by atoms with van der Waals surface area (Å²) in [7, 11) is 1.89. The topological polar surface area (TPSA) is 26.3 Å². The number of ether oxygens (including phenoxy) is 1. The molecule has 0 aromatic carbocycles. The number of ketones is 1. The van der Waals surface area contributed by atoms with E-state index in [1.807, 2.05) is 7.85 Å². The number of hydrogen-bond donors (Lipinski definition) is 0. The molecule has 0 aromatic heterocycles. The molecular weight excluding hydrogens is 151 g/mol. The quantitative estimate of drug-likeness (QED) is 0.536. The van der Waals surface area contributed by atoms with Crippen LogP contribution in [0.2, 0.25) is 6.32 Å². The van der Waals surface area contributed by atoms with Gasteiger partial charge in [-0.1, -0.05) is 20.3 Å². The van der Waals surface area contributed by atoms with Gasteiger partial charge in [0.1, 0.15) is 14.0 Å². The Morgan fingerprint density at radius 2 is 2.08 bits per heavy atom. The van der Waals surface area contributed by atoms with Gasteiger partial charge in [0.15, 0.2) is 5.78 Å². The fourth-order valence-corrected chi connectivity index (χ4v) is 1.09. The molecule has 0 aliphatic heterocycles. The van der Waals surface area contributed by atoms with Crippen molar-refractivity contribution in [2.75, 3.05) is 6.61 Å². The van der Waals surface area contributed by atoms with Crippen molar-refractivity contribution in [1.82, 2.24) is 0 Å². The summed E-state index contributed by atoms with van der Waals surface area (Å²) in [5.74, 6) is 0.241. The zero-order valence-corrected chi connectivity index (χ0v) is 8.43. The second-order valence-corrected chi connectivity index (χ2v) is 2.97. The van der Waals surface area contributed by atoms with Crippen molar-refractivity contribution in [2.45, 2.75) is 45.5 Å². The lowest BCUT2D eigenvalue weighted by Gasteiger charge is -2.14. The van der Waals surface area contributed by atoms with Crippen LogP contribution in [0, 0.1) is 0 Å². The van der Waals surface area contributed by atoms with E-state index in [2.05, 4.69) is 13.8 Å². The molecule has 2 nitrogen and oxygen atoms in total. The lowest BCUT2D eigenvalue weighted by atomic mass is 9.95. The van der Waals surface area contributed by atoms with Crippen LogP contribution in [0.25, 0.3) is 0 Å². The molecule has 0 N–H and O–H groups in total. The average Bonchev–Trinajstić information content (AvgIpc) is 2.11. The standard InChI is InChI=1S/C9H19BO2/c1-3-5-9(8(11)7-10)12-6-4-2/h9H,3-7,10H2,1-2H3. The molecule has 1 unspecified atom stereocenters. The monoisotopic (exact) mass is 170 g/mol. The maximum absolute atomic E-state index is 11.3. The van der Waals surface area contributed by atoms with Gasteiger partial charge in [-0.2, -0.15) is 0 Å². The van der Waals surface area contributed by atoms with Gasteiger partial charge in [0.2, 0.25) is 0 Å². The summed E-state index contributed by atoms with van der Waals surface area (Å²) < 4.78 is 5.43. The predicted molar refractivity (Wildman–Crippen MR) is 53.3 cm³/mol. The van der Waals surface area contributed by atoms with Gasteiger partial charge in [0.05, 0.1) is 0 Å². The molecule has 0 aliphatic rings. The number of rotatable bonds is 7. The summed E-state index contributed by atoms with van der Waals surface area (Å²) in [4.78, 5) is 11.3. The molecule has 0 fully saturated rings. The Bertz CT molecular complexity index is 126. The van der Waals surface area contributed by atoms with E-state index >= 15 is 0 Å². The summed E-state index contributed by atoms with van der Waals surface area (Å²) in [5, 5.41) is 0. The average molecular weight is 170 g/mol. The third kappa shape index (κ3) is 4.55. The molecule has 1 atom stereocenters. The second-order valence-electron chi connectivity index (χ2n) is 2.97. The molecule has 0 aliphatic carbocycles. The summed E-state index contributed by atoms with van der Waals surface area (Å²) in [5.41, 5.74) is 0. The molecule has 3 heteroatoms. The zero-order valence-electron chi connectivity index (χ0n) is 8.43. The van der Waals surface area contributed by atoms with E-state index in [-0.39, 0.29) is 11.9 Å². The Labute approximate surface area is 76.1 Å². The second kappa shape index (κ2) is 7.35. The minimum absolute atomic E-state index is 0.139. The highest BCUT2D eigenvalue weighted by molar-refractivity contribution is 6.20. The highest BCUT2D eigenvalue weighted by Crippen LogP contribution is 2.05. The van der Waals surface area contributed by atoms with Crippen LogP contribution in [0.15, 0.2) is 0 Å². The van der Waals surface area contributed by atoms with E-state index in [0.29, 0.717) is 12.9 Å². The lowest BCUT2D eigenvalue weighted by Crippen LogP contribution is -2.24. The molecule has 0 amide bonds. The van der Waals surface area contributed by atoms with Gasteiger partial charge in [-0.25, -0.2) is 0 Å². The van der Waals surface area contributed by atoms with Crippen LogP contribution in [-0.4, -0.2) is 26.3 Å². The van der Waals surface area contributed by atoms with Crippen molar-refractivity contribution in [3.05, 3.63) is 0 Å². The van der Waals surface area contributed by atoms with Crippen LogP contribution in [0.3, 0.4) is 0 Å². The highest BCUT2D eigenvalue weighted by Gasteiger charge is 2.14. The molecular formula is C9H19BO2. The molecule has 0 rings (SSSR count). The Hall–Kier alpha value is -0.305. The Morgan fingerprint density at radius 3 is 2.50 bits per heavy atom. The maximum atomic E-state index is 11.3. The fourth-order valence-electron chi connectivity index (χ4n) is 1.09. The fraction of sp³-hybridized carbons (Fsp3) is 0.889. The van der Waals surface area contributed by atoms with Crippen LogP contribution >= 0.6 is 0 Å². The van der Waals surface area contributed by atoms with Gasteiger partial charge >= 0.3 is 0 Å². The molecule has 0 spiro atoms.